The number of hydrogen-bond donors (Lipinski definition) is 0. The van der Waals surface area contributed by atoms with Gasteiger partial charge in [0, 0.05) is 18.2 Å². The van der Waals surface area contributed by atoms with Gasteiger partial charge in [-0.3, -0.25) is 4.79 Å². The second-order valence-corrected chi connectivity index (χ2v) is 6.12. The summed E-state index contributed by atoms with van der Waals surface area (Å²) >= 11 is 6.14. The number of benzene rings is 2. The molecule has 26 heavy (non-hydrogen) atoms. The number of ether oxygens (including phenoxy) is 1. The van der Waals surface area contributed by atoms with Gasteiger partial charge in [-0.25, -0.2) is 0 Å². The van der Waals surface area contributed by atoms with E-state index >= 15 is 0 Å². The Morgan fingerprint density at radius 3 is 2.73 bits per heavy atom. The molecule has 0 fully saturated rings. The third kappa shape index (κ3) is 3.89. The Bertz CT molecular complexity index is 907. The smallest absolute Gasteiger partial charge is 0.255 e. The van der Waals surface area contributed by atoms with Crippen LogP contribution >= 0.6 is 11.6 Å². The highest BCUT2D eigenvalue weighted by Gasteiger charge is 2.19. The first-order valence-electron chi connectivity index (χ1n) is 8.26. The largest absolute Gasteiger partial charge is 0.497 e. The number of amides is 1. The van der Waals surface area contributed by atoms with Crippen LogP contribution in [-0.2, 0) is 6.54 Å². The molecule has 0 atom stereocenters. The van der Waals surface area contributed by atoms with Crippen molar-refractivity contribution in [1.29, 1.82) is 0 Å². The third-order valence-electron chi connectivity index (χ3n) is 4.04. The molecule has 2 aromatic carbocycles. The average molecular weight is 371 g/mol. The zero-order chi connectivity index (χ0) is 18.5. The quantitative estimate of drug-likeness (QED) is 0.633. The van der Waals surface area contributed by atoms with Crippen molar-refractivity contribution in [3.63, 3.8) is 0 Å². The SMILES string of the molecule is CCN(Cc1cc(-c2cccc(OC)c2)on1)C(=O)c1ccccc1Cl. The van der Waals surface area contributed by atoms with E-state index in [0.29, 0.717) is 35.1 Å². The highest BCUT2D eigenvalue weighted by molar-refractivity contribution is 6.33. The Morgan fingerprint density at radius 1 is 1.19 bits per heavy atom. The summed E-state index contributed by atoms with van der Waals surface area (Å²) in [6.45, 7) is 2.79. The van der Waals surface area contributed by atoms with Gasteiger partial charge in [-0.2, -0.15) is 0 Å². The number of rotatable bonds is 6. The normalized spacial score (nSPS) is 10.6. The van der Waals surface area contributed by atoms with Crippen LogP contribution in [-0.4, -0.2) is 29.6 Å². The van der Waals surface area contributed by atoms with E-state index in [2.05, 4.69) is 5.16 Å². The van der Waals surface area contributed by atoms with E-state index in [1.165, 1.54) is 0 Å². The summed E-state index contributed by atoms with van der Waals surface area (Å²) in [6.07, 6.45) is 0. The van der Waals surface area contributed by atoms with Gasteiger partial charge >= 0.3 is 0 Å². The summed E-state index contributed by atoms with van der Waals surface area (Å²) in [5.74, 6) is 1.23. The van der Waals surface area contributed by atoms with Crippen molar-refractivity contribution < 1.29 is 14.1 Å². The molecule has 1 aromatic heterocycles. The topological polar surface area (TPSA) is 55.6 Å². The highest BCUT2D eigenvalue weighted by Crippen LogP contribution is 2.25. The lowest BCUT2D eigenvalue weighted by atomic mass is 10.1. The number of aromatic nitrogens is 1. The molecule has 0 bridgehead atoms. The molecule has 0 spiro atoms. The molecule has 6 heteroatoms. The summed E-state index contributed by atoms with van der Waals surface area (Å²) < 4.78 is 10.7. The van der Waals surface area contributed by atoms with E-state index < -0.39 is 0 Å². The van der Waals surface area contributed by atoms with Gasteiger partial charge in [0.15, 0.2) is 5.76 Å². The maximum atomic E-state index is 12.7. The maximum absolute atomic E-state index is 12.7. The number of carbonyl (C=O) groups is 1. The molecule has 1 amide bonds. The minimum absolute atomic E-state index is 0.135. The summed E-state index contributed by atoms with van der Waals surface area (Å²) in [5, 5.41) is 4.53. The maximum Gasteiger partial charge on any atom is 0.255 e. The fraction of sp³-hybridized carbons (Fsp3) is 0.200. The first kappa shape index (κ1) is 18.0. The van der Waals surface area contributed by atoms with Crippen LogP contribution in [0, 0.1) is 0 Å². The van der Waals surface area contributed by atoms with E-state index in [1.54, 1.807) is 36.3 Å². The van der Waals surface area contributed by atoms with Crippen LogP contribution in [0.3, 0.4) is 0 Å². The molecule has 0 saturated heterocycles. The van der Waals surface area contributed by atoms with Crippen molar-refractivity contribution in [3.8, 4) is 17.1 Å². The lowest BCUT2D eigenvalue weighted by Crippen LogP contribution is -2.30. The second-order valence-electron chi connectivity index (χ2n) is 5.71. The van der Waals surface area contributed by atoms with Crippen molar-refractivity contribution in [1.82, 2.24) is 10.1 Å². The molecular formula is C20H19ClN2O3. The number of halogens is 1. The van der Waals surface area contributed by atoms with Crippen molar-refractivity contribution in [2.24, 2.45) is 0 Å². The lowest BCUT2D eigenvalue weighted by molar-refractivity contribution is 0.0749. The zero-order valence-electron chi connectivity index (χ0n) is 14.6. The molecule has 0 saturated carbocycles. The third-order valence-corrected chi connectivity index (χ3v) is 4.37. The summed E-state index contributed by atoms with van der Waals surface area (Å²) in [4.78, 5) is 14.4. The van der Waals surface area contributed by atoms with E-state index in [9.17, 15) is 4.79 Å². The van der Waals surface area contributed by atoms with E-state index in [-0.39, 0.29) is 5.91 Å². The molecule has 0 aliphatic heterocycles. The standard InChI is InChI=1S/C20H19ClN2O3/c1-3-23(20(24)17-9-4-5-10-18(17)21)13-15-12-19(26-22-15)14-7-6-8-16(11-14)25-2/h4-12H,3,13H2,1-2H3. The number of hydrogen-bond acceptors (Lipinski definition) is 4. The molecule has 3 rings (SSSR count). The Balaban J connectivity index is 1.78. The van der Waals surface area contributed by atoms with Crippen molar-refractivity contribution >= 4 is 17.5 Å². The number of nitrogens with zero attached hydrogens (tertiary/aromatic N) is 2. The highest BCUT2D eigenvalue weighted by atomic mass is 35.5. The molecular weight excluding hydrogens is 352 g/mol. The van der Waals surface area contributed by atoms with Gasteiger partial charge in [-0.1, -0.05) is 41.0 Å². The van der Waals surface area contributed by atoms with E-state index in [1.807, 2.05) is 37.3 Å². The van der Waals surface area contributed by atoms with Crippen molar-refractivity contribution in [2.45, 2.75) is 13.5 Å². The summed E-state index contributed by atoms with van der Waals surface area (Å²) in [6, 6.07) is 16.4. The minimum Gasteiger partial charge on any atom is -0.497 e. The van der Waals surface area contributed by atoms with Crippen molar-refractivity contribution in [3.05, 3.63) is 70.9 Å². The first-order valence-corrected chi connectivity index (χ1v) is 8.64. The van der Waals surface area contributed by atoms with Gasteiger partial charge < -0.3 is 14.2 Å². The summed E-state index contributed by atoms with van der Waals surface area (Å²) in [5.41, 5.74) is 2.01. The van der Waals surface area contributed by atoms with Gasteiger partial charge in [0.2, 0.25) is 0 Å². The molecule has 0 unspecified atom stereocenters. The minimum atomic E-state index is -0.135. The van der Waals surface area contributed by atoms with E-state index in [4.69, 9.17) is 20.9 Å². The lowest BCUT2D eigenvalue weighted by Gasteiger charge is -2.20. The Hall–Kier alpha value is -2.79. The van der Waals surface area contributed by atoms with Gasteiger partial charge in [-0.15, -0.1) is 0 Å². The predicted octanol–water partition coefficient (Wildman–Crippen LogP) is 4.67. The van der Waals surface area contributed by atoms with Crippen molar-refractivity contribution in [2.75, 3.05) is 13.7 Å². The van der Waals surface area contributed by atoms with Gasteiger partial charge in [0.05, 0.1) is 24.2 Å². The second kappa shape index (κ2) is 8.06. The molecule has 0 radical (unpaired) electrons. The fourth-order valence-corrected chi connectivity index (χ4v) is 2.84. The molecule has 3 aromatic rings. The van der Waals surface area contributed by atoms with Gasteiger partial charge in [-0.05, 0) is 31.2 Å². The number of methoxy groups -OCH3 is 1. The van der Waals surface area contributed by atoms with E-state index in [0.717, 1.165) is 11.3 Å². The Kier molecular flexibility index (Phi) is 5.58. The van der Waals surface area contributed by atoms with Gasteiger partial charge in [0.1, 0.15) is 11.4 Å². The van der Waals surface area contributed by atoms with Crippen LogP contribution in [0.25, 0.3) is 11.3 Å². The molecule has 134 valence electrons. The van der Waals surface area contributed by atoms with Crippen LogP contribution < -0.4 is 4.74 Å². The monoisotopic (exact) mass is 370 g/mol. The first-order chi connectivity index (χ1) is 12.6. The average Bonchev–Trinajstić information content (AvgIpc) is 3.14. The molecule has 0 N–H and O–H groups in total. The zero-order valence-corrected chi connectivity index (χ0v) is 15.4. The Labute approximate surface area is 157 Å². The Morgan fingerprint density at radius 2 is 2.00 bits per heavy atom. The number of carbonyl (C=O) groups excluding carboxylic acids is 1. The van der Waals surface area contributed by atoms with Crippen LogP contribution in [0.1, 0.15) is 23.0 Å². The molecule has 0 aliphatic rings. The fourth-order valence-electron chi connectivity index (χ4n) is 2.63. The van der Waals surface area contributed by atoms with Crippen LogP contribution in [0.5, 0.6) is 5.75 Å². The summed E-state index contributed by atoms with van der Waals surface area (Å²) in [7, 11) is 1.62. The van der Waals surface area contributed by atoms with Gasteiger partial charge in [0.25, 0.3) is 5.91 Å². The van der Waals surface area contributed by atoms with Crippen LogP contribution in [0.4, 0.5) is 0 Å². The predicted molar refractivity (Wildman–Crippen MR) is 100 cm³/mol. The van der Waals surface area contributed by atoms with Crippen LogP contribution in [0.15, 0.2) is 59.1 Å². The molecule has 0 aliphatic carbocycles. The molecule has 5 nitrogen and oxygen atoms in total. The van der Waals surface area contributed by atoms with Crippen LogP contribution in [0.2, 0.25) is 5.02 Å². The molecule has 1 heterocycles.